The lowest BCUT2D eigenvalue weighted by Crippen LogP contribution is -2.44. The molecule has 126 valence electrons. The molecule has 2 aromatic rings. The molecule has 0 atom stereocenters. The topological polar surface area (TPSA) is 29.5 Å². The van der Waals surface area contributed by atoms with Gasteiger partial charge in [-0.3, -0.25) is 0 Å². The first kappa shape index (κ1) is 19.2. The molecule has 1 N–H and O–H groups in total. The van der Waals surface area contributed by atoms with Crippen molar-refractivity contribution >= 4 is 8.32 Å². The summed E-state index contributed by atoms with van der Waals surface area (Å²) in [6.45, 7) is 10.6. The van der Waals surface area contributed by atoms with Crippen LogP contribution in [0.3, 0.4) is 0 Å². The molecule has 0 saturated carbocycles. The number of phenols is 1. The van der Waals surface area contributed by atoms with Crippen molar-refractivity contribution < 1.29 is 18.3 Å². The third kappa shape index (κ3) is 5.67. The van der Waals surface area contributed by atoms with Crippen molar-refractivity contribution in [3.63, 3.8) is 0 Å². The molecule has 0 spiro atoms. The highest BCUT2D eigenvalue weighted by Crippen LogP contribution is 2.37. The number of aromatic hydroxyl groups is 1. The van der Waals surface area contributed by atoms with E-state index in [0.29, 0.717) is 5.75 Å². The van der Waals surface area contributed by atoms with Crippen LogP contribution in [0.2, 0.25) is 18.1 Å². The van der Waals surface area contributed by atoms with Gasteiger partial charge in [0, 0.05) is 0 Å². The average molecular weight is 338 g/mol. The highest BCUT2D eigenvalue weighted by atomic mass is 28.4. The molecule has 0 fully saturated rings. The molecular formula is C18H24F2O2Si. The molecule has 0 aliphatic carbocycles. The Kier molecular flexibility index (Phi) is 6.33. The molecule has 0 amide bonds. The van der Waals surface area contributed by atoms with Crippen molar-refractivity contribution in [2.45, 2.75) is 38.9 Å². The Morgan fingerprint density at radius 3 is 1.74 bits per heavy atom. The summed E-state index contributed by atoms with van der Waals surface area (Å²) in [5.74, 6) is -0.772. The van der Waals surface area contributed by atoms with E-state index < -0.39 is 14.1 Å². The van der Waals surface area contributed by atoms with Crippen molar-refractivity contribution in [3.8, 4) is 11.5 Å². The third-order valence-electron chi connectivity index (χ3n) is 3.86. The van der Waals surface area contributed by atoms with Gasteiger partial charge in [0.15, 0.2) is 17.4 Å². The Labute approximate surface area is 137 Å². The molecule has 0 radical (unpaired) electrons. The van der Waals surface area contributed by atoms with Crippen LogP contribution in [0.25, 0.3) is 0 Å². The summed E-state index contributed by atoms with van der Waals surface area (Å²) in [7, 11) is -1.92. The molecule has 2 rings (SSSR count). The summed E-state index contributed by atoms with van der Waals surface area (Å²) < 4.78 is 31.3. The second-order valence-electron chi connectivity index (χ2n) is 6.74. The monoisotopic (exact) mass is 338 g/mol. The fourth-order valence-corrected chi connectivity index (χ4v) is 2.43. The maximum atomic E-state index is 13.4. The van der Waals surface area contributed by atoms with Crippen LogP contribution in [0, 0.1) is 11.6 Å². The number of hydrogen-bond acceptors (Lipinski definition) is 2. The molecule has 2 aromatic carbocycles. The molecule has 2 nitrogen and oxygen atoms in total. The summed E-state index contributed by atoms with van der Waals surface area (Å²) in [4.78, 5) is 0. The quantitative estimate of drug-likeness (QED) is 0.707. The van der Waals surface area contributed by atoms with E-state index in [2.05, 4.69) is 33.9 Å². The minimum atomic E-state index is -1.92. The Balaban J connectivity index is 0.000000277. The lowest BCUT2D eigenvalue weighted by molar-refractivity contribution is 0.432. The Morgan fingerprint density at radius 2 is 1.35 bits per heavy atom. The van der Waals surface area contributed by atoms with E-state index in [9.17, 15) is 8.78 Å². The van der Waals surface area contributed by atoms with E-state index in [0.717, 1.165) is 0 Å². The van der Waals surface area contributed by atoms with Gasteiger partial charge in [-0.05, 0) is 42.4 Å². The molecule has 23 heavy (non-hydrogen) atoms. The molecule has 0 aliphatic heterocycles. The Morgan fingerprint density at radius 1 is 0.870 bits per heavy atom. The van der Waals surface area contributed by atoms with Crippen molar-refractivity contribution in [1.29, 1.82) is 0 Å². The van der Waals surface area contributed by atoms with Crippen LogP contribution >= 0.6 is 0 Å². The first-order valence-corrected chi connectivity index (χ1v) is 10.3. The maximum absolute atomic E-state index is 13.4. The molecule has 0 heterocycles. The largest absolute Gasteiger partial charge is 0.542 e. The van der Waals surface area contributed by atoms with Crippen LogP contribution in [0.1, 0.15) is 20.8 Å². The smallest absolute Gasteiger partial charge is 0.250 e. The predicted octanol–water partition coefficient (Wildman–Crippen LogP) is 5.74. The van der Waals surface area contributed by atoms with Gasteiger partial charge in [0.1, 0.15) is 5.75 Å². The minimum absolute atomic E-state index is 0.0925. The zero-order chi connectivity index (χ0) is 17.7. The summed E-state index contributed by atoms with van der Waals surface area (Å²) in [6, 6.07) is 12.2. The molecule has 5 heteroatoms. The van der Waals surface area contributed by atoms with Crippen LogP contribution in [0.5, 0.6) is 11.5 Å². The van der Waals surface area contributed by atoms with Gasteiger partial charge in [-0.25, -0.2) is 8.78 Å². The van der Waals surface area contributed by atoms with Gasteiger partial charge in [-0.2, -0.15) is 0 Å². The van der Waals surface area contributed by atoms with Crippen molar-refractivity contribution in [2.75, 3.05) is 0 Å². The lowest BCUT2D eigenvalue weighted by atomic mass is 10.2. The van der Waals surface area contributed by atoms with Crippen LogP contribution in [0.15, 0.2) is 48.5 Å². The van der Waals surface area contributed by atoms with Gasteiger partial charge >= 0.3 is 0 Å². The predicted molar refractivity (Wildman–Crippen MR) is 92.3 cm³/mol. The standard InChI is InChI=1S/C12H19FOSi.C6H5FO/c1-12(2,3)15(4,5)14-11-9-7-6-8-10(11)13;7-5-3-1-2-4-6(5)8/h6-9H,1-5H3;1-4,8H. The highest BCUT2D eigenvalue weighted by Gasteiger charge is 2.39. The normalized spacial score (nSPS) is 11.4. The van der Waals surface area contributed by atoms with Crippen molar-refractivity contribution in [2.24, 2.45) is 0 Å². The van der Waals surface area contributed by atoms with E-state index in [1.165, 1.54) is 24.3 Å². The average Bonchev–Trinajstić information content (AvgIpc) is 2.44. The number of rotatable bonds is 2. The zero-order valence-electron chi connectivity index (χ0n) is 14.2. The first-order chi connectivity index (χ1) is 10.5. The fourth-order valence-electron chi connectivity index (χ4n) is 1.41. The number of para-hydroxylation sites is 2. The Bertz CT molecular complexity index is 616. The minimum Gasteiger partial charge on any atom is -0.542 e. The summed E-state index contributed by atoms with van der Waals surface area (Å²) in [6.07, 6.45) is 0. The van der Waals surface area contributed by atoms with E-state index in [4.69, 9.17) is 9.53 Å². The van der Waals surface area contributed by atoms with E-state index in [-0.39, 0.29) is 16.6 Å². The summed E-state index contributed by atoms with van der Waals surface area (Å²) >= 11 is 0. The van der Waals surface area contributed by atoms with Crippen molar-refractivity contribution in [3.05, 3.63) is 60.2 Å². The SMILES string of the molecule is CC(C)(C)[Si](C)(C)Oc1ccccc1F.Oc1ccccc1F. The lowest BCUT2D eigenvalue weighted by Gasteiger charge is -2.36. The van der Waals surface area contributed by atoms with Crippen LogP contribution < -0.4 is 4.43 Å². The molecule has 0 bridgehead atoms. The highest BCUT2D eigenvalue weighted by molar-refractivity contribution is 6.74. The fraction of sp³-hybridized carbons (Fsp3) is 0.333. The van der Waals surface area contributed by atoms with Gasteiger partial charge in [0.2, 0.25) is 0 Å². The third-order valence-corrected chi connectivity index (χ3v) is 8.20. The summed E-state index contributed by atoms with van der Waals surface area (Å²) in [5.41, 5.74) is 0. The van der Waals surface area contributed by atoms with Gasteiger partial charge in [0.25, 0.3) is 8.32 Å². The molecule has 0 aliphatic rings. The van der Waals surface area contributed by atoms with E-state index in [1.807, 2.05) is 0 Å². The molecular weight excluding hydrogens is 314 g/mol. The first-order valence-electron chi connectivity index (χ1n) is 7.41. The van der Waals surface area contributed by atoms with Crippen LogP contribution in [0.4, 0.5) is 8.78 Å². The summed E-state index contributed by atoms with van der Waals surface area (Å²) in [5, 5.41) is 8.64. The molecule has 0 saturated heterocycles. The maximum Gasteiger partial charge on any atom is 0.250 e. The number of halogens is 2. The van der Waals surface area contributed by atoms with Crippen molar-refractivity contribution in [1.82, 2.24) is 0 Å². The molecule has 0 unspecified atom stereocenters. The number of hydrogen-bond donors (Lipinski definition) is 1. The van der Waals surface area contributed by atoms with Crippen LogP contribution in [-0.4, -0.2) is 13.4 Å². The van der Waals surface area contributed by atoms with Gasteiger partial charge in [-0.15, -0.1) is 0 Å². The van der Waals surface area contributed by atoms with Gasteiger partial charge in [-0.1, -0.05) is 45.0 Å². The number of benzene rings is 2. The van der Waals surface area contributed by atoms with Crippen LogP contribution in [-0.2, 0) is 0 Å². The van der Waals surface area contributed by atoms with E-state index >= 15 is 0 Å². The Hall–Kier alpha value is -1.88. The van der Waals surface area contributed by atoms with Gasteiger partial charge < -0.3 is 9.53 Å². The number of phenolic OH excluding ortho intramolecular Hbond substituents is 1. The zero-order valence-corrected chi connectivity index (χ0v) is 15.2. The molecule has 0 aromatic heterocycles. The second kappa shape index (κ2) is 7.59. The second-order valence-corrected chi connectivity index (χ2v) is 11.5. The van der Waals surface area contributed by atoms with E-state index in [1.54, 1.807) is 24.3 Å². The van der Waals surface area contributed by atoms with Gasteiger partial charge in [0.05, 0.1) is 0 Å².